The lowest BCUT2D eigenvalue weighted by Crippen LogP contribution is -2.22. The minimum absolute atomic E-state index is 0.981. The van der Waals surface area contributed by atoms with Crippen LogP contribution in [-0.2, 0) is 6.42 Å². The Morgan fingerprint density at radius 2 is 1.80 bits per heavy atom. The number of aryl methyl sites for hydroxylation is 1. The van der Waals surface area contributed by atoms with E-state index in [0.717, 1.165) is 25.3 Å². The normalized spacial score (nSPS) is 10.9. The fraction of sp³-hybridized carbons (Fsp3) is 0.538. The quantitative estimate of drug-likeness (QED) is 0.726. The van der Waals surface area contributed by atoms with Crippen LogP contribution in [0.15, 0.2) is 24.3 Å². The smallest absolute Gasteiger partial charge is 0.00188 e. The van der Waals surface area contributed by atoms with Crippen molar-refractivity contribution in [2.45, 2.75) is 19.8 Å². The van der Waals surface area contributed by atoms with E-state index in [2.05, 4.69) is 55.8 Å². The van der Waals surface area contributed by atoms with Gasteiger partial charge >= 0.3 is 0 Å². The van der Waals surface area contributed by atoms with Gasteiger partial charge in [0.05, 0.1) is 0 Å². The maximum atomic E-state index is 4.22. The summed E-state index contributed by atoms with van der Waals surface area (Å²) in [5, 5.41) is 0. The number of hydrogen-bond donors (Lipinski definition) is 1. The van der Waals surface area contributed by atoms with Crippen LogP contribution in [0.25, 0.3) is 0 Å². The zero-order chi connectivity index (χ0) is 11.1. The summed E-state index contributed by atoms with van der Waals surface area (Å²) in [5.74, 6) is 0.981. The molecular formula is C13H21NS. The van der Waals surface area contributed by atoms with Crippen LogP contribution in [0.4, 0.5) is 0 Å². The number of nitrogens with zero attached hydrogens (tertiary/aromatic N) is 1. The predicted octanol–water partition coefficient (Wildman–Crippen LogP) is 2.79. The Balaban J connectivity index is 2.27. The monoisotopic (exact) mass is 223 g/mol. The summed E-state index contributed by atoms with van der Waals surface area (Å²) in [5.41, 5.74) is 2.76. The van der Waals surface area contributed by atoms with Crippen LogP contribution in [-0.4, -0.2) is 30.8 Å². The van der Waals surface area contributed by atoms with E-state index in [1.807, 2.05) is 0 Å². The highest BCUT2D eigenvalue weighted by Crippen LogP contribution is 2.04. The van der Waals surface area contributed by atoms with Crippen molar-refractivity contribution < 1.29 is 0 Å². The van der Waals surface area contributed by atoms with Crippen molar-refractivity contribution in [1.29, 1.82) is 0 Å². The van der Waals surface area contributed by atoms with Gasteiger partial charge in [-0.25, -0.2) is 0 Å². The highest BCUT2D eigenvalue weighted by molar-refractivity contribution is 7.80. The van der Waals surface area contributed by atoms with Gasteiger partial charge in [0.15, 0.2) is 0 Å². The number of thiol groups is 1. The molecule has 0 heterocycles. The first-order valence-corrected chi connectivity index (χ1v) is 6.20. The molecule has 1 aromatic carbocycles. The summed E-state index contributed by atoms with van der Waals surface area (Å²) in [4.78, 5) is 2.37. The van der Waals surface area contributed by atoms with Crippen LogP contribution in [0.3, 0.4) is 0 Å². The average Bonchev–Trinajstić information content (AvgIpc) is 2.25. The Bertz CT molecular complexity index is 268. The van der Waals surface area contributed by atoms with Gasteiger partial charge in [-0.3, -0.25) is 0 Å². The molecule has 1 aromatic rings. The maximum absolute atomic E-state index is 4.22. The molecule has 0 spiro atoms. The first-order chi connectivity index (χ1) is 7.22. The van der Waals surface area contributed by atoms with Crippen LogP contribution in [0, 0.1) is 6.92 Å². The molecule has 0 atom stereocenters. The molecule has 2 heteroatoms. The molecule has 0 amide bonds. The molecule has 1 rings (SSSR count). The Morgan fingerprint density at radius 3 is 2.40 bits per heavy atom. The lowest BCUT2D eigenvalue weighted by atomic mass is 10.1. The third kappa shape index (κ3) is 5.24. The second kappa shape index (κ2) is 6.91. The molecule has 1 nitrogen and oxygen atoms in total. The van der Waals surface area contributed by atoms with Crippen LogP contribution in [0.1, 0.15) is 17.5 Å². The molecule has 0 N–H and O–H groups in total. The number of hydrogen-bond acceptors (Lipinski definition) is 2. The van der Waals surface area contributed by atoms with E-state index in [-0.39, 0.29) is 0 Å². The van der Waals surface area contributed by atoms with Gasteiger partial charge in [0, 0.05) is 6.54 Å². The molecular weight excluding hydrogens is 202 g/mol. The molecule has 84 valence electrons. The molecule has 0 saturated carbocycles. The van der Waals surface area contributed by atoms with E-state index < -0.39 is 0 Å². The molecule has 0 unspecified atom stereocenters. The minimum atomic E-state index is 0.981. The van der Waals surface area contributed by atoms with Crippen LogP contribution in [0.2, 0.25) is 0 Å². The third-order valence-electron chi connectivity index (χ3n) is 2.60. The number of benzene rings is 1. The largest absolute Gasteiger partial charge is 0.306 e. The molecule has 0 aliphatic carbocycles. The van der Waals surface area contributed by atoms with Crippen LogP contribution < -0.4 is 0 Å². The summed E-state index contributed by atoms with van der Waals surface area (Å²) in [7, 11) is 2.18. The zero-order valence-electron chi connectivity index (χ0n) is 9.74. The topological polar surface area (TPSA) is 3.24 Å². The Hall–Kier alpha value is -0.470. The van der Waals surface area contributed by atoms with Gasteiger partial charge in [-0.2, -0.15) is 12.6 Å². The predicted molar refractivity (Wildman–Crippen MR) is 70.9 cm³/mol. The van der Waals surface area contributed by atoms with Gasteiger partial charge in [0.1, 0.15) is 0 Å². The van der Waals surface area contributed by atoms with Gasteiger partial charge < -0.3 is 4.90 Å². The van der Waals surface area contributed by atoms with E-state index in [0.29, 0.717) is 0 Å². The van der Waals surface area contributed by atoms with Crippen molar-refractivity contribution in [2.75, 3.05) is 25.9 Å². The molecule has 0 bridgehead atoms. The Morgan fingerprint density at radius 1 is 1.13 bits per heavy atom. The molecule has 0 aliphatic rings. The molecule has 0 fully saturated rings. The summed E-state index contributed by atoms with van der Waals surface area (Å²) in [6.45, 7) is 4.41. The average molecular weight is 223 g/mol. The van der Waals surface area contributed by atoms with Crippen LogP contribution >= 0.6 is 12.6 Å². The second-order valence-electron chi connectivity index (χ2n) is 4.12. The van der Waals surface area contributed by atoms with Crippen molar-refractivity contribution in [3.05, 3.63) is 35.4 Å². The van der Waals surface area contributed by atoms with Crippen molar-refractivity contribution in [2.24, 2.45) is 0 Å². The molecule has 0 radical (unpaired) electrons. The maximum Gasteiger partial charge on any atom is 0.00188 e. The fourth-order valence-electron chi connectivity index (χ4n) is 1.53. The van der Waals surface area contributed by atoms with Crippen molar-refractivity contribution >= 4 is 12.6 Å². The van der Waals surface area contributed by atoms with E-state index in [9.17, 15) is 0 Å². The lowest BCUT2D eigenvalue weighted by molar-refractivity contribution is 0.340. The highest BCUT2D eigenvalue weighted by Gasteiger charge is 1.98. The first-order valence-electron chi connectivity index (χ1n) is 5.57. The summed E-state index contributed by atoms with van der Waals surface area (Å²) in [6.07, 6.45) is 2.32. The van der Waals surface area contributed by atoms with E-state index in [1.54, 1.807) is 0 Å². The van der Waals surface area contributed by atoms with E-state index >= 15 is 0 Å². The first kappa shape index (κ1) is 12.6. The zero-order valence-corrected chi connectivity index (χ0v) is 10.6. The fourth-order valence-corrected chi connectivity index (χ4v) is 1.67. The molecule has 0 aliphatic heterocycles. The van der Waals surface area contributed by atoms with Gasteiger partial charge in [-0.1, -0.05) is 29.8 Å². The SMILES string of the molecule is Cc1ccc(CCN(C)CCCS)cc1. The van der Waals surface area contributed by atoms with Gasteiger partial charge in [0.25, 0.3) is 0 Å². The summed E-state index contributed by atoms with van der Waals surface area (Å²) >= 11 is 4.22. The van der Waals surface area contributed by atoms with Crippen molar-refractivity contribution in [1.82, 2.24) is 4.90 Å². The van der Waals surface area contributed by atoms with Gasteiger partial charge in [0.2, 0.25) is 0 Å². The number of likely N-dealkylation sites (N-methyl/N-ethyl adjacent to an activating group) is 1. The van der Waals surface area contributed by atoms with Crippen molar-refractivity contribution in [3.8, 4) is 0 Å². The standard InChI is InChI=1S/C13H21NS/c1-12-4-6-13(7-5-12)8-10-14(2)9-3-11-15/h4-7,15H,3,8-11H2,1-2H3. The highest BCUT2D eigenvalue weighted by atomic mass is 32.1. The van der Waals surface area contributed by atoms with E-state index in [4.69, 9.17) is 0 Å². The Labute approximate surface area is 98.9 Å². The Kier molecular flexibility index (Phi) is 5.81. The van der Waals surface area contributed by atoms with E-state index in [1.165, 1.54) is 17.5 Å². The third-order valence-corrected chi connectivity index (χ3v) is 2.92. The number of rotatable bonds is 6. The van der Waals surface area contributed by atoms with Crippen molar-refractivity contribution in [3.63, 3.8) is 0 Å². The van der Waals surface area contributed by atoms with Gasteiger partial charge in [-0.15, -0.1) is 0 Å². The van der Waals surface area contributed by atoms with Gasteiger partial charge in [-0.05, 0) is 44.7 Å². The molecule has 15 heavy (non-hydrogen) atoms. The molecule has 0 saturated heterocycles. The lowest BCUT2D eigenvalue weighted by Gasteiger charge is -2.15. The van der Waals surface area contributed by atoms with Crippen LogP contribution in [0.5, 0.6) is 0 Å². The second-order valence-corrected chi connectivity index (χ2v) is 4.56. The summed E-state index contributed by atoms with van der Waals surface area (Å²) < 4.78 is 0. The minimum Gasteiger partial charge on any atom is -0.306 e. The molecule has 0 aromatic heterocycles. The summed E-state index contributed by atoms with van der Waals surface area (Å²) in [6, 6.07) is 8.82.